The van der Waals surface area contributed by atoms with E-state index in [9.17, 15) is 4.79 Å². The van der Waals surface area contributed by atoms with Crippen molar-refractivity contribution in [1.82, 2.24) is 9.88 Å². The van der Waals surface area contributed by atoms with E-state index >= 15 is 0 Å². The molecule has 0 radical (unpaired) electrons. The lowest BCUT2D eigenvalue weighted by Crippen LogP contribution is -2.34. The van der Waals surface area contributed by atoms with Crippen molar-refractivity contribution in [2.45, 2.75) is 19.9 Å². The van der Waals surface area contributed by atoms with Crippen LogP contribution in [0.4, 0.5) is 5.82 Å². The summed E-state index contributed by atoms with van der Waals surface area (Å²) in [5.74, 6) is 2.94. The molecule has 0 bridgehead atoms. The molecule has 2 aliphatic rings. The van der Waals surface area contributed by atoms with E-state index in [0.717, 1.165) is 31.2 Å². The predicted molar refractivity (Wildman–Crippen MR) is 101 cm³/mol. The van der Waals surface area contributed by atoms with E-state index in [2.05, 4.69) is 41.1 Å². The number of carbonyl (C=O) groups is 1. The summed E-state index contributed by atoms with van der Waals surface area (Å²) < 4.78 is 5.28. The Morgan fingerprint density at radius 2 is 1.88 bits per heavy atom. The van der Waals surface area contributed by atoms with Gasteiger partial charge in [0.1, 0.15) is 11.6 Å². The van der Waals surface area contributed by atoms with Gasteiger partial charge in [-0.1, -0.05) is 18.2 Å². The highest BCUT2D eigenvalue weighted by Crippen LogP contribution is 2.45. The number of hydrogen-bond acceptors (Lipinski definition) is 4. The molecule has 4 rings (SSSR count). The number of benzene rings is 1. The maximum Gasteiger partial charge on any atom is 0.219 e. The number of amides is 1. The highest BCUT2D eigenvalue weighted by molar-refractivity contribution is 5.74. The molecule has 136 valence electrons. The predicted octanol–water partition coefficient (Wildman–Crippen LogP) is 3.05. The lowest BCUT2D eigenvalue weighted by atomic mass is 9.89. The zero-order valence-electron chi connectivity index (χ0n) is 15.6. The minimum Gasteiger partial charge on any atom is -0.497 e. The van der Waals surface area contributed by atoms with Crippen molar-refractivity contribution in [3.63, 3.8) is 0 Å². The molecule has 2 aromatic rings. The molecule has 5 nitrogen and oxygen atoms in total. The normalized spacial score (nSPS) is 24.7. The minimum absolute atomic E-state index is 0.124. The first kappa shape index (κ1) is 16.9. The molecule has 3 heterocycles. The van der Waals surface area contributed by atoms with Gasteiger partial charge < -0.3 is 14.5 Å². The van der Waals surface area contributed by atoms with Crippen LogP contribution in [0.5, 0.6) is 5.75 Å². The number of nitrogens with zero attached hydrogens (tertiary/aromatic N) is 3. The van der Waals surface area contributed by atoms with Gasteiger partial charge in [0.05, 0.1) is 13.2 Å². The second-order valence-corrected chi connectivity index (χ2v) is 7.41. The van der Waals surface area contributed by atoms with Gasteiger partial charge in [0.2, 0.25) is 5.91 Å². The van der Waals surface area contributed by atoms with Gasteiger partial charge in [0.15, 0.2) is 0 Å². The standard InChI is InChI=1S/C21H25N3O2/c1-14-4-9-20(22-10-14)23-11-17-12-24(15(2)25)21(19(17)13-23)16-5-7-18(26-3)8-6-16/h4-10,17,19,21H,11-13H2,1-3H3/t17-,19-,21+/m1/s1. The summed E-state index contributed by atoms with van der Waals surface area (Å²) in [5.41, 5.74) is 2.36. The third-order valence-electron chi connectivity index (χ3n) is 5.75. The van der Waals surface area contributed by atoms with Crippen LogP contribution in [0.1, 0.15) is 24.1 Å². The summed E-state index contributed by atoms with van der Waals surface area (Å²) in [6.07, 6.45) is 1.92. The van der Waals surface area contributed by atoms with Gasteiger partial charge in [-0.3, -0.25) is 4.79 Å². The van der Waals surface area contributed by atoms with E-state index < -0.39 is 0 Å². The van der Waals surface area contributed by atoms with E-state index in [-0.39, 0.29) is 11.9 Å². The van der Waals surface area contributed by atoms with Crippen LogP contribution in [0.25, 0.3) is 0 Å². The zero-order valence-corrected chi connectivity index (χ0v) is 15.6. The van der Waals surface area contributed by atoms with Crippen LogP contribution in [0.2, 0.25) is 0 Å². The Hall–Kier alpha value is -2.56. The van der Waals surface area contributed by atoms with Crippen molar-refractivity contribution in [2.24, 2.45) is 11.8 Å². The van der Waals surface area contributed by atoms with E-state index in [0.29, 0.717) is 11.8 Å². The van der Waals surface area contributed by atoms with Crippen LogP contribution in [-0.4, -0.2) is 42.5 Å². The fourth-order valence-corrected chi connectivity index (χ4v) is 4.43. The van der Waals surface area contributed by atoms with Gasteiger partial charge in [-0.05, 0) is 36.2 Å². The molecule has 1 aromatic heterocycles. The Kier molecular flexibility index (Phi) is 4.31. The quantitative estimate of drug-likeness (QED) is 0.853. The van der Waals surface area contributed by atoms with E-state index in [1.54, 1.807) is 14.0 Å². The number of aromatic nitrogens is 1. The maximum atomic E-state index is 12.2. The molecule has 0 saturated carbocycles. The Balaban J connectivity index is 1.60. The van der Waals surface area contributed by atoms with Crippen molar-refractivity contribution in [2.75, 3.05) is 31.6 Å². The molecule has 0 spiro atoms. The van der Waals surface area contributed by atoms with Crippen LogP contribution in [-0.2, 0) is 4.79 Å². The van der Waals surface area contributed by atoms with E-state index in [4.69, 9.17) is 4.74 Å². The van der Waals surface area contributed by atoms with E-state index in [1.807, 2.05) is 23.2 Å². The van der Waals surface area contributed by atoms with Crippen molar-refractivity contribution in [3.8, 4) is 5.75 Å². The first-order chi connectivity index (χ1) is 12.6. The number of carbonyl (C=O) groups excluding carboxylic acids is 1. The number of pyridine rings is 1. The van der Waals surface area contributed by atoms with Gasteiger partial charge in [-0.15, -0.1) is 0 Å². The first-order valence-corrected chi connectivity index (χ1v) is 9.15. The topological polar surface area (TPSA) is 45.7 Å². The van der Waals surface area contributed by atoms with Crippen molar-refractivity contribution >= 4 is 11.7 Å². The largest absolute Gasteiger partial charge is 0.497 e. The van der Waals surface area contributed by atoms with Crippen molar-refractivity contribution in [3.05, 3.63) is 53.7 Å². The molecule has 2 saturated heterocycles. The van der Waals surface area contributed by atoms with Crippen molar-refractivity contribution in [1.29, 1.82) is 0 Å². The number of anilines is 1. The van der Waals surface area contributed by atoms with Crippen LogP contribution in [0.15, 0.2) is 42.6 Å². The van der Waals surface area contributed by atoms with Crippen LogP contribution in [0.3, 0.4) is 0 Å². The summed E-state index contributed by atoms with van der Waals surface area (Å²) in [6.45, 7) is 6.44. The molecule has 5 heteroatoms. The summed E-state index contributed by atoms with van der Waals surface area (Å²) in [4.78, 5) is 21.2. The Labute approximate surface area is 154 Å². The Bertz CT molecular complexity index is 788. The monoisotopic (exact) mass is 351 g/mol. The SMILES string of the molecule is COc1ccc([C@H]2[C@@H]3CN(c4ccc(C)cn4)C[C@@H]3CN2C(C)=O)cc1. The van der Waals surface area contributed by atoms with Crippen LogP contribution >= 0.6 is 0 Å². The number of fused-ring (bicyclic) bond motifs is 1. The summed E-state index contributed by atoms with van der Waals surface area (Å²) in [6, 6.07) is 12.5. The average molecular weight is 351 g/mol. The number of ether oxygens (including phenoxy) is 1. The van der Waals surface area contributed by atoms with Gasteiger partial charge in [-0.25, -0.2) is 4.98 Å². The second-order valence-electron chi connectivity index (χ2n) is 7.41. The van der Waals surface area contributed by atoms with Crippen LogP contribution in [0, 0.1) is 18.8 Å². The third-order valence-corrected chi connectivity index (χ3v) is 5.75. The molecule has 0 aliphatic carbocycles. The number of aryl methyl sites for hydroxylation is 1. The molecular formula is C21H25N3O2. The highest BCUT2D eigenvalue weighted by atomic mass is 16.5. The Morgan fingerprint density at radius 1 is 1.12 bits per heavy atom. The Morgan fingerprint density at radius 3 is 2.50 bits per heavy atom. The second kappa shape index (κ2) is 6.63. The molecule has 1 aromatic carbocycles. The highest BCUT2D eigenvalue weighted by Gasteiger charge is 2.48. The zero-order chi connectivity index (χ0) is 18.3. The summed E-state index contributed by atoms with van der Waals surface area (Å²) in [5, 5.41) is 0. The number of methoxy groups -OCH3 is 1. The summed E-state index contributed by atoms with van der Waals surface area (Å²) in [7, 11) is 1.67. The number of hydrogen-bond donors (Lipinski definition) is 0. The molecule has 0 unspecified atom stereocenters. The smallest absolute Gasteiger partial charge is 0.219 e. The lowest BCUT2D eigenvalue weighted by molar-refractivity contribution is -0.130. The van der Waals surface area contributed by atoms with Crippen molar-refractivity contribution < 1.29 is 9.53 Å². The lowest BCUT2D eigenvalue weighted by Gasteiger charge is -2.29. The van der Waals surface area contributed by atoms with Gasteiger partial charge in [0, 0.05) is 44.6 Å². The first-order valence-electron chi connectivity index (χ1n) is 9.15. The molecule has 1 amide bonds. The molecule has 26 heavy (non-hydrogen) atoms. The maximum absolute atomic E-state index is 12.2. The van der Waals surface area contributed by atoms with Crippen LogP contribution < -0.4 is 9.64 Å². The third kappa shape index (κ3) is 2.91. The fraction of sp³-hybridized carbons (Fsp3) is 0.429. The van der Waals surface area contributed by atoms with Gasteiger partial charge >= 0.3 is 0 Å². The summed E-state index contributed by atoms with van der Waals surface area (Å²) >= 11 is 0. The van der Waals surface area contributed by atoms with Gasteiger partial charge in [-0.2, -0.15) is 0 Å². The molecule has 3 atom stereocenters. The fourth-order valence-electron chi connectivity index (χ4n) is 4.43. The number of rotatable bonds is 3. The molecular weight excluding hydrogens is 326 g/mol. The molecule has 0 N–H and O–H groups in total. The molecule has 2 aliphatic heterocycles. The van der Waals surface area contributed by atoms with Gasteiger partial charge in [0.25, 0.3) is 0 Å². The molecule has 2 fully saturated rings. The van der Waals surface area contributed by atoms with E-state index in [1.165, 1.54) is 11.1 Å². The minimum atomic E-state index is 0.124. The average Bonchev–Trinajstić information content (AvgIpc) is 3.20. The number of likely N-dealkylation sites (tertiary alicyclic amines) is 1.